The number of hydrogen-bond acceptors (Lipinski definition) is 10. The van der Waals surface area contributed by atoms with Crippen molar-refractivity contribution in [1.82, 2.24) is 10.8 Å². The van der Waals surface area contributed by atoms with Gasteiger partial charge in [0.1, 0.15) is 17.2 Å². The van der Waals surface area contributed by atoms with Crippen LogP contribution in [0.3, 0.4) is 0 Å². The van der Waals surface area contributed by atoms with Crippen molar-refractivity contribution in [3.05, 3.63) is 23.8 Å². The van der Waals surface area contributed by atoms with Crippen LogP contribution in [0.5, 0.6) is 0 Å². The summed E-state index contributed by atoms with van der Waals surface area (Å²) in [6, 6.07) is -0.970. The molecule has 3 unspecified atom stereocenters. The first kappa shape index (κ1) is 38.1. The third kappa shape index (κ3) is 5.90. The number of Topliss-reactive ketones (excluding diaryl/α,β-unsaturated/α-hetero) is 1. The number of rotatable bonds is 10. The van der Waals surface area contributed by atoms with E-state index in [-0.39, 0.29) is 36.6 Å². The Kier molecular flexibility index (Phi) is 9.99. The Bertz CT molecular complexity index is 1490. The van der Waals surface area contributed by atoms with Gasteiger partial charge in [-0.2, -0.15) is 0 Å². The van der Waals surface area contributed by atoms with Crippen molar-refractivity contribution in [1.29, 1.82) is 0 Å². The van der Waals surface area contributed by atoms with Gasteiger partial charge in [-0.25, -0.2) is 14.7 Å². The van der Waals surface area contributed by atoms with Gasteiger partial charge in [0.2, 0.25) is 5.78 Å². The summed E-state index contributed by atoms with van der Waals surface area (Å²) in [6.07, 6.45) is 2.94. The minimum absolute atomic E-state index is 0.0144. The number of carbonyl (C=O) groups is 5. The Balaban J connectivity index is 1.21. The van der Waals surface area contributed by atoms with Crippen LogP contribution in [0, 0.1) is 40.4 Å². The zero-order chi connectivity index (χ0) is 37.2. The lowest BCUT2D eigenvalue weighted by Gasteiger charge is -2.67. The maximum Gasteiger partial charge on any atom is 0.408 e. The van der Waals surface area contributed by atoms with E-state index >= 15 is 4.39 Å². The smallest absolute Gasteiger partial charge is 0.408 e. The number of alkyl halides is 1. The maximum absolute atomic E-state index is 17.5. The summed E-state index contributed by atoms with van der Waals surface area (Å²) < 4.78 is 34.4. The molecule has 4 fully saturated rings. The molecular formula is C37H53FN2O10. The molecule has 0 aromatic carbocycles. The molecule has 1 aliphatic heterocycles. The first-order valence-electron chi connectivity index (χ1n) is 17.7. The van der Waals surface area contributed by atoms with Crippen LogP contribution in [0.25, 0.3) is 0 Å². The average Bonchev–Trinajstić information content (AvgIpc) is 3.18. The maximum atomic E-state index is 17.5. The number of amides is 2. The number of nitrogens with one attached hydrogen (secondary N) is 2. The van der Waals surface area contributed by atoms with Crippen molar-refractivity contribution < 1.29 is 52.5 Å². The second-order valence-corrected chi connectivity index (χ2v) is 16.6. The van der Waals surface area contributed by atoms with E-state index in [2.05, 4.69) is 10.8 Å². The highest BCUT2D eigenvalue weighted by atomic mass is 19.1. The third-order valence-corrected chi connectivity index (χ3v) is 12.3. The van der Waals surface area contributed by atoms with Gasteiger partial charge >= 0.3 is 12.1 Å². The number of esters is 1. The summed E-state index contributed by atoms with van der Waals surface area (Å²) in [4.78, 5) is 69.8. The van der Waals surface area contributed by atoms with Crippen molar-refractivity contribution in [3.63, 3.8) is 0 Å². The Labute approximate surface area is 293 Å². The molecule has 1 spiro atoms. The van der Waals surface area contributed by atoms with Gasteiger partial charge in [0.25, 0.3) is 5.91 Å². The first-order chi connectivity index (χ1) is 23.1. The van der Waals surface area contributed by atoms with Crippen LogP contribution in [-0.4, -0.2) is 83.0 Å². The van der Waals surface area contributed by atoms with Crippen LogP contribution >= 0.6 is 0 Å². The number of alkyl carbamates (subject to hydrolysis) is 1. The summed E-state index contributed by atoms with van der Waals surface area (Å²) >= 11 is 0. The molecule has 2 amide bonds. The summed E-state index contributed by atoms with van der Waals surface area (Å²) in [5.74, 6) is -4.31. The van der Waals surface area contributed by atoms with Crippen LogP contribution < -0.4 is 10.8 Å². The molecule has 0 aromatic heterocycles. The molecule has 0 bridgehead atoms. The van der Waals surface area contributed by atoms with E-state index in [0.717, 1.165) is 0 Å². The topological polar surface area (TPSA) is 167 Å². The minimum atomic E-state index is -2.02. The molecule has 3 N–H and O–H groups in total. The van der Waals surface area contributed by atoms with Gasteiger partial charge < -0.3 is 24.6 Å². The van der Waals surface area contributed by atoms with E-state index in [1.807, 2.05) is 6.92 Å². The second kappa shape index (κ2) is 13.1. The fraction of sp³-hybridized carbons (Fsp3) is 0.757. The van der Waals surface area contributed by atoms with Crippen molar-refractivity contribution in [2.24, 2.45) is 40.4 Å². The number of aliphatic hydroxyl groups is 1. The number of carbonyl (C=O) groups excluding carboxylic acids is 5. The van der Waals surface area contributed by atoms with Crippen molar-refractivity contribution in [2.75, 3.05) is 13.2 Å². The van der Waals surface area contributed by atoms with Crippen LogP contribution in [-0.2, 0) is 38.2 Å². The largest absolute Gasteiger partial charge is 0.457 e. The molecular weight excluding hydrogens is 651 g/mol. The molecule has 278 valence electrons. The molecule has 3 saturated carbocycles. The van der Waals surface area contributed by atoms with Crippen LogP contribution in [0.1, 0.15) is 88.0 Å². The van der Waals surface area contributed by atoms with Crippen LogP contribution in [0.4, 0.5) is 9.18 Å². The second-order valence-electron chi connectivity index (χ2n) is 16.6. The SMILES string of the molecule is CC(C)C(NC(=O)OC(C)(C)C)C(=O)NOC(C)C(C)C(=O)OCC(=O)[C@]12OC[C@@]13C[C@H](O)[C@@]1(F)[C@@H](CCC4=CC(=O)C=C[C@@]41C)[C@@H]3C[C@H]2C. The number of aliphatic hydroxyl groups excluding tert-OH is 1. The van der Waals surface area contributed by atoms with Gasteiger partial charge in [0, 0.05) is 16.7 Å². The van der Waals surface area contributed by atoms with Crippen molar-refractivity contribution in [2.45, 2.75) is 123 Å². The molecule has 4 aliphatic carbocycles. The van der Waals surface area contributed by atoms with E-state index in [1.54, 1.807) is 54.5 Å². The standard InChI is InChI=1S/C37H53FN2O10/c1-19(2)29(39-32(46)49-33(6,7)8)30(44)40-50-22(5)21(4)31(45)47-17-28(43)37-20(3)14-26-25-11-10-23-15-24(41)12-13-34(23,9)36(25,38)27(42)16-35(26,37)18-48-37/h12-13,15,19-22,25-27,29,42H,10-11,14,16-18H2,1-9H3,(H,39,46)(H,40,44)/t20-,21?,22?,25+,26+,27+,29?,34+,35-,36+,37+/m1/s1. The number of ether oxygens (including phenoxy) is 3. The van der Waals surface area contributed by atoms with Gasteiger partial charge in [-0.15, -0.1) is 0 Å². The number of hydrogen-bond donors (Lipinski definition) is 3. The average molecular weight is 705 g/mol. The van der Waals surface area contributed by atoms with Gasteiger partial charge in [-0.05, 0) is 97.1 Å². The quantitative estimate of drug-likeness (QED) is 0.223. The summed E-state index contributed by atoms with van der Waals surface area (Å²) in [5.41, 5.74) is -3.06. The molecule has 13 heteroatoms. The molecule has 5 rings (SSSR count). The monoisotopic (exact) mass is 704 g/mol. The van der Waals surface area contributed by atoms with Gasteiger partial charge in [0.15, 0.2) is 18.1 Å². The predicted molar refractivity (Wildman–Crippen MR) is 178 cm³/mol. The summed E-state index contributed by atoms with van der Waals surface area (Å²) in [6.45, 7) is 15.0. The normalized spacial score (nSPS) is 37.4. The molecule has 0 radical (unpaired) electrons. The lowest BCUT2D eigenvalue weighted by atomic mass is 9.43. The van der Waals surface area contributed by atoms with Crippen molar-refractivity contribution >= 4 is 29.5 Å². The number of fused-ring (bicyclic) bond motifs is 4. The van der Waals surface area contributed by atoms with Crippen LogP contribution in [0.15, 0.2) is 23.8 Å². The van der Waals surface area contributed by atoms with Gasteiger partial charge in [0.05, 0.1) is 24.7 Å². The molecule has 1 saturated heterocycles. The van der Waals surface area contributed by atoms with E-state index in [0.29, 0.717) is 24.8 Å². The van der Waals surface area contributed by atoms with Gasteiger partial charge in [-0.3, -0.25) is 24.0 Å². The lowest BCUT2D eigenvalue weighted by molar-refractivity contribution is -0.310. The molecule has 0 aromatic rings. The summed E-state index contributed by atoms with van der Waals surface area (Å²) in [7, 11) is 0. The zero-order valence-electron chi connectivity index (χ0n) is 30.6. The fourth-order valence-corrected chi connectivity index (χ4v) is 9.52. The molecule has 5 aliphatic rings. The Morgan fingerprint density at radius 3 is 2.42 bits per heavy atom. The Morgan fingerprint density at radius 1 is 1.14 bits per heavy atom. The molecule has 50 heavy (non-hydrogen) atoms. The Morgan fingerprint density at radius 2 is 1.82 bits per heavy atom. The summed E-state index contributed by atoms with van der Waals surface area (Å²) in [5, 5.41) is 14.2. The van der Waals surface area contributed by atoms with Crippen LogP contribution in [0.2, 0.25) is 0 Å². The van der Waals surface area contributed by atoms with E-state index in [9.17, 15) is 29.1 Å². The van der Waals surface area contributed by atoms with E-state index < -0.39 is 88.1 Å². The minimum Gasteiger partial charge on any atom is -0.457 e. The highest BCUT2D eigenvalue weighted by molar-refractivity contribution is 6.01. The van der Waals surface area contributed by atoms with E-state index in [4.69, 9.17) is 19.0 Å². The number of allylic oxidation sites excluding steroid dienone is 4. The molecule has 1 heterocycles. The first-order valence-corrected chi connectivity index (χ1v) is 17.7. The highest BCUT2D eigenvalue weighted by Crippen LogP contribution is 2.74. The zero-order valence-corrected chi connectivity index (χ0v) is 30.6. The predicted octanol–water partition coefficient (Wildman–Crippen LogP) is 4.09. The van der Waals surface area contributed by atoms with E-state index in [1.165, 1.54) is 19.1 Å². The third-order valence-electron chi connectivity index (χ3n) is 12.3. The number of halogens is 1. The number of ketones is 2. The Hall–Kier alpha value is -3.16. The number of hydroxylamine groups is 1. The lowest BCUT2D eigenvalue weighted by Crippen LogP contribution is -2.76. The van der Waals surface area contributed by atoms with Crippen molar-refractivity contribution in [3.8, 4) is 0 Å². The molecule has 12 nitrogen and oxygen atoms in total. The highest BCUT2D eigenvalue weighted by Gasteiger charge is 2.81. The van der Waals surface area contributed by atoms with Gasteiger partial charge in [-0.1, -0.05) is 32.4 Å². The fourth-order valence-electron chi connectivity index (χ4n) is 9.52. The molecule has 11 atom stereocenters.